The zero-order chi connectivity index (χ0) is 19.5. The summed E-state index contributed by atoms with van der Waals surface area (Å²) in [5.74, 6) is 0. The highest BCUT2D eigenvalue weighted by Gasteiger charge is 2.24. The second-order valence-electron chi connectivity index (χ2n) is 6.64. The first-order chi connectivity index (χ1) is 13.6. The highest BCUT2D eigenvalue weighted by atomic mass is 35.5. The van der Waals surface area contributed by atoms with Crippen LogP contribution in [0.2, 0.25) is 5.02 Å². The summed E-state index contributed by atoms with van der Waals surface area (Å²) in [6, 6.07) is 18.3. The second kappa shape index (κ2) is 7.86. The van der Waals surface area contributed by atoms with E-state index >= 15 is 0 Å². The van der Waals surface area contributed by atoms with Crippen LogP contribution in [0.25, 0.3) is 0 Å². The van der Waals surface area contributed by atoms with Crippen LogP contribution in [0.3, 0.4) is 0 Å². The molecule has 0 spiro atoms. The molecule has 0 saturated carbocycles. The number of nitrogens with zero attached hydrogens (tertiary/aromatic N) is 3. The SMILES string of the molecule is O=c1ccn(Cc2ccccc2)c(=O)n1CC1CC(c2ccc(Cl)cc2)=NO1. The maximum Gasteiger partial charge on any atom is 0.331 e. The molecule has 2 heterocycles. The molecule has 6 nitrogen and oxygen atoms in total. The van der Waals surface area contributed by atoms with Crippen molar-refractivity contribution < 1.29 is 4.84 Å². The van der Waals surface area contributed by atoms with E-state index in [1.165, 1.54) is 21.4 Å². The van der Waals surface area contributed by atoms with Crippen LogP contribution in [0.15, 0.2) is 81.6 Å². The summed E-state index contributed by atoms with van der Waals surface area (Å²) in [4.78, 5) is 30.5. The van der Waals surface area contributed by atoms with E-state index in [4.69, 9.17) is 16.4 Å². The van der Waals surface area contributed by atoms with Crippen molar-refractivity contribution in [3.8, 4) is 0 Å². The van der Waals surface area contributed by atoms with Gasteiger partial charge in [-0.1, -0.05) is 59.2 Å². The lowest BCUT2D eigenvalue weighted by Gasteiger charge is -2.12. The first-order valence-corrected chi connectivity index (χ1v) is 9.31. The molecule has 1 aliphatic rings. The zero-order valence-electron chi connectivity index (χ0n) is 15.0. The molecule has 1 atom stereocenters. The highest BCUT2D eigenvalue weighted by molar-refractivity contribution is 6.30. The Labute approximate surface area is 166 Å². The lowest BCUT2D eigenvalue weighted by molar-refractivity contribution is 0.0704. The highest BCUT2D eigenvalue weighted by Crippen LogP contribution is 2.19. The molecule has 28 heavy (non-hydrogen) atoms. The van der Waals surface area contributed by atoms with E-state index in [1.54, 1.807) is 12.1 Å². The fourth-order valence-electron chi connectivity index (χ4n) is 3.17. The maximum atomic E-state index is 12.8. The number of hydrogen-bond donors (Lipinski definition) is 0. The first-order valence-electron chi connectivity index (χ1n) is 8.93. The predicted molar refractivity (Wildman–Crippen MR) is 108 cm³/mol. The third-order valence-electron chi connectivity index (χ3n) is 4.63. The molecule has 2 aromatic carbocycles. The molecule has 3 aromatic rings. The minimum Gasteiger partial charge on any atom is -0.390 e. The van der Waals surface area contributed by atoms with Gasteiger partial charge in [-0.25, -0.2) is 4.79 Å². The number of benzene rings is 2. The van der Waals surface area contributed by atoms with Crippen molar-refractivity contribution >= 4 is 17.3 Å². The van der Waals surface area contributed by atoms with Crippen LogP contribution >= 0.6 is 11.6 Å². The smallest absolute Gasteiger partial charge is 0.331 e. The van der Waals surface area contributed by atoms with Crippen molar-refractivity contribution in [3.63, 3.8) is 0 Å². The third kappa shape index (κ3) is 3.92. The lowest BCUT2D eigenvalue weighted by Crippen LogP contribution is -2.41. The van der Waals surface area contributed by atoms with Gasteiger partial charge in [0.15, 0.2) is 6.10 Å². The summed E-state index contributed by atoms with van der Waals surface area (Å²) < 4.78 is 2.72. The minimum absolute atomic E-state index is 0.147. The van der Waals surface area contributed by atoms with E-state index in [-0.39, 0.29) is 23.9 Å². The molecule has 7 heteroatoms. The van der Waals surface area contributed by atoms with E-state index in [0.29, 0.717) is 18.0 Å². The van der Waals surface area contributed by atoms with E-state index in [1.807, 2.05) is 42.5 Å². The van der Waals surface area contributed by atoms with Gasteiger partial charge in [0.05, 0.1) is 18.8 Å². The number of rotatable bonds is 5. The van der Waals surface area contributed by atoms with E-state index < -0.39 is 0 Å². The number of oxime groups is 1. The van der Waals surface area contributed by atoms with Crippen LogP contribution in [0.4, 0.5) is 0 Å². The van der Waals surface area contributed by atoms with Crippen molar-refractivity contribution in [1.82, 2.24) is 9.13 Å². The molecule has 1 aliphatic heterocycles. The Morgan fingerprint density at radius 3 is 2.54 bits per heavy atom. The van der Waals surface area contributed by atoms with Crippen LogP contribution in [0.1, 0.15) is 17.5 Å². The quantitative estimate of drug-likeness (QED) is 0.667. The van der Waals surface area contributed by atoms with Crippen molar-refractivity contribution in [2.75, 3.05) is 0 Å². The molecule has 0 radical (unpaired) electrons. The van der Waals surface area contributed by atoms with Gasteiger partial charge in [0.25, 0.3) is 5.56 Å². The molecule has 1 unspecified atom stereocenters. The molecule has 0 bridgehead atoms. The molecule has 142 valence electrons. The van der Waals surface area contributed by atoms with Crippen molar-refractivity contribution in [1.29, 1.82) is 0 Å². The maximum absolute atomic E-state index is 12.8. The molecular formula is C21H18ClN3O3. The van der Waals surface area contributed by atoms with Crippen LogP contribution in [-0.2, 0) is 17.9 Å². The van der Waals surface area contributed by atoms with Crippen LogP contribution < -0.4 is 11.2 Å². The van der Waals surface area contributed by atoms with Gasteiger partial charge in [-0.2, -0.15) is 0 Å². The fraction of sp³-hybridized carbons (Fsp3) is 0.190. The van der Waals surface area contributed by atoms with Crippen molar-refractivity contribution in [3.05, 3.63) is 104 Å². The Balaban J connectivity index is 1.51. The molecule has 0 saturated heterocycles. The van der Waals surface area contributed by atoms with Crippen LogP contribution in [0.5, 0.6) is 0 Å². The van der Waals surface area contributed by atoms with E-state index in [0.717, 1.165) is 16.8 Å². The van der Waals surface area contributed by atoms with E-state index in [9.17, 15) is 9.59 Å². The van der Waals surface area contributed by atoms with Gasteiger partial charge >= 0.3 is 5.69 Å². The number of aromatic nitrogens is 2. The number of hydrogen-bond acceptors (Lipinski definition) is 4. The average molecular weight is 396 g/mol. The summed E-state index contributed by atoms with van der Waals surface area (Å²) in [5.41, 5.74) is 1.96. The van der Waals surface area contributed by atoms with Crippen LogP contribution in [0, 0.1) is 0 Å². The van der Waals surface area contributed by atoms with Gasteiger partial charge in [-0.3, -0.25) is 13.9 Å². The summed E-state index contributed by atoms with van der Waals surface area (Å²) in [6.45, 7) is 0.548. The topological polar surface area (TPSA) is 65.6 Å². The van der Waals surface area contributed by atoms with Crippen molar-refractivity contribution in [2.45, 2.75) is 25.6 Å². The van der Waals surface area contributed by atoms with Gasteiger partial charge in [-0.05, 0) is 23.3 Å². The molecule has 4 rings (SSSR count). The average Bonchev–Trinajstić information content (AvgIpc) is 3.17. The Kier molecular flexibility index (Phi) is 5.12. The zero-order valence-corrected chi connectivity index (χ0v) is 15.7. The van der Waals surface area contributed by atoms with Gasteiger partial charge in [0.1, 0.15) is 0 Å². The molecule has 0 aliphatic carbocycles. The molecular weight excluding hydrogens is 378 g/mol. The largest absolute Gasteiger partial charge is 0.390 e. The summed E-state index contributed by atoms with van der Waals surface area (Å²) in [6.07, 6.45) is 1.67. The molecule has 0 amide bonds. The van der Waals surface area contributed by atoms with Gasteiger partial charge in [0, 0.05) is 23.7 Å². The van der Waals surface area contributed by atoms with Crippen molar-refractivity contribution in [2.24, 2.45) is 5.16 Å². The monoisotopic (exact) mass is 395 g/mol. The Hall–Kier alpha value is -3.12. The Morgan fingerprint density at radius 1 is 1.04 bits per heavy atom. The standard InChI is InChI=1S/C21H18ClN3O3/c22-17-8-6-16(7-9-17)19-12-18(28-23-19)14-25-20(26)10-11-24(21(25)27)13-15-4-2-1-3-5-15/h1-11,18H,12-14H2. The molecule has 1 aromatic heterocycles. The molecule has 0 fully saturated rings. The summed E-state index contributed by atoms with van der Waals surface area (Å²) in [7, 11) is 0. The summed E-state index contributed by atoms with van der Waals surface area (Å²) in [5, 5.41) is 4.76. The third-order valence-corrected chi connectivity index (χ3v) is 4.88. The second-order valence-corrected chi connectivity index (χ2v) is 7.07. The Bertz CT molecular complexity index is 1120. The fourth-order valence-corrected chi connectivity index (χ4v) is 3.29. The van der Waals surface area contributed by atoms with E-state index in [2.05, 4.69) is 5.16 Å². The van der Waals surface area contributed by atoms with Gasteiger partial charge < -0.3 is 4.84 Å². The normalized spacial score (nSPS) is 15.9. The predicted octanol–water partition coefficient (Wildman–Crippen LogP) is 2.90. The number of halogens is 1. The lowest BCUT2D eigenvalue weighted by atomic mass is 10.1. The molecule has 0 N–H and O–H groups in total. The van der Waals surface area contributed by atoms with Gasteiger partial charge in [0.2, 0.25) is 0 Å². The Morgan fingerprint density at radius 2 is 1.79 bits per heavy atom. The minimum atomic E-state index is -0.372. The first kappa shape index (κ1) is 18.3. The van der Waals surface area contributed by atoms with Gasteiger partial charge in [-0.15, -0.1) is 0 Å². The summed E-state index contributed by atoms with van der Waals surface area (Å²) >= 11 is 5.92. The van der Waals surface area contributed by atoms with Crippen LogP contribution in [-0.4, -0.2) is 20.9 Å².